The second kappa shape index (κ2) is 9.10. The molecule has 0 spiro atoms. The van der Waals surface area contributed by atoms with Crippen LogP contribution in [0.3, 0.4) is 0 Å². The number of hydrogen-bond donors (Lipinski definition) is 1. The Kier molecular flexibility index (Phi) is 6.46. The summed E-state index contributed by atoms with van der Waals surface area (Å²) in [6.45, 7) is 0.275. The molecule has 4 aromatic rings. The fraction of sp³-hybridized carbons (Fsp3) is 0.0500. The van der Waals surface area contributed by atoms with Crippen molar-refractivity contribution in [1.82, 2.24) is 14.9 Å². The zero-order valence-corrected chi connectivity index (χ0v) is 19.2. The van der Waals surface area contributed by atoms with Gasteiger partial charge in [-0.1, -0.05) is 69.2 Å². The van der Waals surface area contributed by atoms with Crippen LogP contribution in [0.1, 0.15) is 16.1 Å². The van der Waals surface area contributed by atoms with Gasteiger partial charge in [-0.15, -0.1) is 0 Å². The van der Waals surface area contributed by atoms with Gasteiger partial charge < -0.3 is 9.84 Å². The first-order chi connectivity index (χ1) is 14.8. The Hall–Kier alpha value is -2.22. The summed E-state index contributed by atoms with van der Waals surface area (Å²) in [7, 11) is 0. The highest BCUT2D eigenvalue weighted by atomic mass is 35.5. The van der Waals surface area contributed by atoms with Crippen molar-refractivity contribution in [3.8, 4) is 11.3 Å². The van der Waals surface area contributed by atoms with Crippen LogP contribution in [0.2, 0.25) is 25.1 Å². The number of aromatic nitrogens is 3. The first kappa shape index (κ1) is 22.0. The van der Waals surface area contributed by atoms with Crippen LogP contribution >= 0.6 is 58.0 Å². The van der Waals surface area contributed by atoms with Gasteiger partial charge in [0.1, 0.15) is 5.02 Å². The SMILES string of the molecule is O=C(Nc1nn(Cc2c(Cl)cccc2Cl)cc1Cl)c1cc(-c2ccc(Cl)cc2Cl)on1. The molecule has 1 N–H and O–H groups in total. The molecule has 11 heteroatoms. The zero-order valence-electron chi connectivity index (χ0n) is 15.4. The van der Waals surface area contributed by atoms with E-state index in [2.05, 4.69) is 15.6 Å². The predicted octanol–water partition coefficient (Wildman–Crippen LogP) is 7.11. The number of benzene rings is 2. The topological polar surface area (TPSA) is 73.0 Å². The van der Waals surface area contributed by atoms with Crippen LogP contribution in [0.5, 0.6) is 0 Å². The van der Waals surface area contributed by atoms with E-state index in [1.54, 1.807) is 42.6 Å². The van der Waals surface area contributed by atoms with E-state index >= 15 is 0 Å². The van der Waals surface area contributed by atoms with Gasteiger partial charge in [0.15, 0.2) is 17.3 Å². The molecule has 2 aromatic heterocycles. The van der Waals surface area contributed by atoms with Crippen LogP contribution in [-0.2, 0) is 6.54 Å². The van der Waals surface area contributed by atoms with Gasteiger partial charge in [0, 0.05) is 38.5 Å². The van der Waals surface area contributed by atoms with E-state index in [9.17, 15) is 4.79 Å². The van der Waals surface area contributed by atoms with E-state index in [1.165, 1.54) is 10.7 Å². The fourth-order valence-electron chi connectivity index (χ4n) is 2.78. The van der Waals surface area contributed by atoms with E-state index in [0.717, 1.165) is 0 Å². The maximum absolute atomic E-state index is 12.6. The monoisotopic (exact) mass is 514 g/mol. The second-order valence-electron chi connectivity index (χ2n) is 6.38. The van der Waals surface area contributed by atoms with Crippen LogP contribution in [0, 0.1) is 0 Å². The number of carbonyl (C=O) groups is 1. The van der Waals surface area contributed by atoms with Crippen molar-refractivity contribution in [2.24, 2.45) is 0 Å². The maximum Gasteiger partial charge on any atom is 0.279 e. The molecule has 0 aliphatic heterocycles. The van der Waals surface area contributed by atoms with Crippen molar-refractivity contribution >= 4 is 69.7 Å². The van der Waals surface area contributed by atoms with Gasteiger partial charge >= 0.3 is 0 Å². The summed E-state index contributed by atoms with van der Waals surface area (Å²) in [5, 5.41) is 12.8. The number of halogens is 5. The normalized spacial score (nSPS) is 11.0. The maximum atomic E-state index is 12.6. The van der Waals surface area contributed by atoms with E-state index < -0.39 is 5.91 Å². The molecule has 4 rings (SSSR count). The molecule has 6 nitrogen and oxygen atoms in total. The van der Waals surface area contributed by atoms with E-state index in [0.29, 0.717) is 37.0 Å². The molecule has 2 heterocycles. The van der Waals surface area contributed by atoms with Crippen LogP contribution < -0.4 is 5.32 Å². The smallest absolute Gasteiger partial charge is 0.279 e. The lowest BCUT2D eigenvalue weighted by atomic mass is 10.1. The Bertz CT molecular complexity index is 1260. The van der Waals surface area contributed by atoms with Crippen LogP contribution in [-0.4, -0.2) is 20.8 Å². The summed E-state index contributed by atoms with van der Waals surface area (Å²) in [5.74, 6) is -0.0799. The number of amides is 1. The Morgan fingerprint density at radius 2 is 1.71 bits per heavy atom. The molecule has 0 aliphatic rings. The number of rotatable bonds is 5. The van der Waals surface area contributed by atoms with Crippen LogP contribution in [0.15, 0.2) is 53.2 Å². The van der Waals surface area contributed by atoms with Gasteiger partial charge in [-0.2, -0.15) is 5.10 Å². The Balaban J connectivity index is 1.51. The van der Waals surface area contributed by atoms with Crippen molar-refractivity contribution in [1.29, 1.82) is 0 Å². The minimum absolute atomic E-state index is 0.0285. The summed E-state index contributed by atoms with van der Waals surface area (Å²) in [6.07, 6.45) is 1.55. The predicted molar refractivity (Wildman–Crippen MR) is 123 cm³/mol. The first-order valence-corrected chi connectivity index (χ1v) is 10.6. The summed E-state index contributed by atoms with van der Waals surface area (Å²) in [4.78, 5) is 12.6. The van der Waals surface area contributed by atoms with Crippen molar-refractivity contribution in [2.45, 2.75) is 6.54 Å². The molecule has 0 fully saturated rings. The van der Waals surface area contributed by atoms with Crippen molar-refractivity contribution in [2.75, 3.05) is 5.32 Å². The van der Waals surface area contributed by atoms with E-state index in [4.69, 9.17) is 62.5 Å². The Morgan fingerprint density at radius 1 is 0.968 bits per heavy atom. The summed E-state index contributed by atoms with van der Waals surface area (Å²) >= 11 is 30.7. The molecule has 0 radical (unpaired) electrons. The Labute approximate surface area is 201 Å². The van der Waals surface area contributed by atoms with Crippen molar-refractivity contribution in [3.63, 3.8) is 0 Å². The minimum Gasteiger partial charge on any atom is -0.355 e. The number of hydrogen-bond acceptors (Lipinski definition) is 4. The molecule has 0 aliphatic carbocycles. The highest BCUT2D eigenvalue weighted by Crippen LogP contribution is 2.31. The van der Waals surface area contributed by atoms with Crippen LogP contribution in [0.25, 0.3) is 11.3 Å². The lowest BCUT2D eigenvalue weighted by molar-refractivity contribution is 0.101. The molecule has 158 valence electrons. The fourth-order valence-corrected chi connectivity index (χ4v) is 3.99. The van der Waals surface area contributed by atoms with Gasteiger partial charge in [-0.25, -0.2) is 0 Å². The molecule has 31 heavy (non-hydrogen) atoms. The molecule has 0 unspecified atom stereocenters. The molecule has 1 amide bonds. The average molecular weight is 517 g/mol. The molecule has 0 saturated heterocycles. The van der Waals surface area contributed by atoms with Gasteiger partial charge in [0.2, 0.25) is 0 Å². The summed E-state index contributed by atoms with van der Waals surface area (Å²) in [5.41, 5.74) is 1.26. The minimum atomic E-state index is -0.553. The third-order valence-electron chi connectivity index (χ3n) is 4.27. The molecular weight excluding hydrogens is 506 g/mol. The molecule has 0 atom stereocenters. The third kappa shape index (κ3) is 4.84. The van der Waals surface area contributed by atoms with Gasteiger partial charge in [-0.05, 0) is 30.3 Å². The quantitative estimate of drug-likeness (QED) is 0.307. The van der Waals surface area contributed by atoms with E-state index in [1.807, 2.05) is 0 Å². The van der Waals surface area contributed by atoms with Crippen molar-refractivity contribution in [3.05, 3.63) is 85.0 Å². The second-order valence-corrected chi connectivity index (χ2v) is 8.44. The average Bonchev–Trinajstić information content (AvgIpc) is 3.32. The first-order valence-electron chi connectivity index (χ1n) is 8.71. The largest absolute Gasteiger partial charge is 0.355 e. The summed E-state index contributed by atoms with van der Waals surface area (Å²) < 4.78 is 6.77. The molecule has 0 saturated carbocycles. The Morgan fingerprint density at radius 3 is 2.42 bits per heavy atom. The van der Waals surface area contributed by atoms with E-state index in [-0.39, 0.29) is 23.1 Å². The van der Waals surface area contributed by atoms with Crippen LogP contribution in [0.4, 0.5) is 5.82 Å². The number of carbonyl (C=O) groups excluding carboxylic acids is 1. The lowest BCUT2D eigenvalue weighted by Gasteiger charge is -2.06. The molecule has 0 bridgehead atoms. The number of anilines is 1. The van der Waals surface area contributed by atoms with Gasteiger partial charge in [0.25, 0.3) is 5.91 Å². The number of nitrogens with zero attached hydrogens (tertiary/aromatic N) is 3. The highest BCUT2D eigenvalue weighted by Gasteiger charge is 2.19. The summed E-state index contributed by atoms with van der Waals surface area (Å²) in [6, 6.07) is 11.6. The standard InChI is InChI=1S/C20H11Cl5N4O2/c21-10-4-5-11(15(24)6-10)18-7-17(28-31-18)20(30)26-19-16(25)9-29(27-19)8-12-13(22)2-1-3-14(12)23/h1-7,9H,8H2,(H,26,27,30). The third-order valence-corrected chi connectivity index (χ3v) is 5.80. The zero-order chi connectivity index (χ0) is 22.1. The molecule has 2 aromatic carbocycles. The lowest BCUT2D eigenvalue weighted by Crippen LogP contribution is -2.13. The number of nitrogens with one attached hydrogen (secondary N) is 1. The highest BCUT2D eigenvalue weighted by molar-refractivity contribution is 6.37. The van der Waals surface area contributed by atoms with Crippen molar-refractivity contribution < 1.29 is 9.32 Å². The molecular formula is C20H11Cl5N4O2. The van der Waals surface area contributed by atoms with Gasteiger partial charge in [-0.3, -0.25) is 9.48 Å². The van der Waals surface area contributed by atoms with Gasteiger partial charge in [0.05, 0.1) is 11.6 Å².